The predicted molar refractivity (Wildman–Crippen MR) is 93.5 cm³/mol. The number of rotatable bonds is 4. The lowest BCUT2D eigenvalue weighted by Crippen LogP contribution is -2.41. The first kappa shape index (κ1) is 18.9. The molecule has 144 valence electrons. The first-order valence-corrected chi connectivity index (χ1v) is 8.53. The fourth-order valence-corrected chi connectivity index (χ4v) is 2.98. The average Bonchev–Trinajstić information content (AvgIpc) is 2.63. The predicted octanol–water partition coefficient (Wildman–Crippen LogP) is 3.54. The topological polar surface area (TPSA) is 67.4 Å². The Labute approximate surface area is 154 Å². The molecule has 1 aromatic carbocycles. The number of ether oxygens (including phenoxy) is 1. The number of alkyl halides is 3. The maximum Gasteiger partial charge on any atom is 0.573 e. The Morgan fingerprint density at radius 1 is 1.22 bits per heavy atom. The van der Waals surface area contributed by atoms with Gasteiger partial charge in [-0.3, -0.25) is 4.79 Å². The highest BCUT2D eigenvalue weighted by Gasteiger charge is 2.33. The van der Waals surface area contributed by atoms with Crippen molar-refractivity contribution in [3.05, 3.63) is 42.1 Å². The van der Waals surface area contributed by atoms with Crippen molar-refractivity contribution in [1.82, 2.24) is 10.2 Å². The summed E-state index contributed by atoms with van der Waals surface area (Å²) < 4.78 is 41.6. The van der Waals surface area contributed by atoms with Crippen LogP contribution in [0.15, 0.2) is 36.4 Å². The molecule has 1 fully saturated rings. The summed E-state index contributed by atoms with van der Waals surface area (Å²) in [6, 6.07) is 9.18. The number of aryl methyl sites for hydroxylation is 1. The van der Waals surface area contributed by atoms with E-state index in [2.05, 4.69) is 20.3 Å². The number of hydrogen-bond donors (Lipinski definition) is 1. The monoisotopic (exact) mass is 380 g/mol. The molecule has 6 nitrogen and oxygen atoms in total. The van der Waals surface area contributed by atoms with E-state index in [-0.39, 0.29) is 17.5 Å². The summed E-state index contributed by atoms with van der Waals surface area (Å²) in [5.41, 5.74) is 0.790. The van der Waals surface area contributed by atoms with Crippen LogP contribution in [0.1, 0.15) is 18.5 Å². The SMILES string of the molecule is Cc1ccc(N2CCCC(C(=O)Nc3ccccc3OC(F)(F)F)C2)nn1. The average molecular weight is 380 g/mol. The number of anilines is 2. The van der Waals surface area contributed by atoms with Crippen molar-refractivity contribution >= 4 is 17.4 Å². The minimum Gasteiger partial charge on any atom is -0.404 e. The van der Waals surface area contributed by atoms with Crippen LogP contribution >= 0.6 is 0 Å². The van der Waals surface area contributed by atoms with E-state index < -0.39 is 12.1 Å². The molecule has 1 atom stereocenters. The summed E-state index contributed by atoms with van der Waals surface area (Å²) in [4.78, 5) is 14.6. The molecule has 0 spiro atoms. The van der Waals surface area contributed by atoms with Crippen LogP contribution in [0.2, 0.25) is 0 Å². The largest absolute Gasteiger partial charge is 0.573 e. The van der Waals surface area contributed by atoms with Crippen molar-refractivity contribution < 1.29 is 22.7 Å². The number of carbonyl (C=O) groups excluding carboxylic acids is 1. The summed E-state index contributed by atoms with van der Waals surface area (Å²) in [5.74, 6) is -0.479. The molecule has 3 rings (SSSR count). The summed E-state index contributed by atoms with van der Waals surface area (Å²) in [7, 11) is 0. The van der Waals surface area contributed by atoms with Crippen molar-refractivity contribution in [3.8, 4) is 5.75 Å². The van der Waals surface area contributed by atoms with Gasteiger partial charge >= 0.3 is 6.36 Å². The quantitative estimate of drug-likeness (QED) is 0.879. The highest BCUT2D eigenvalue weighted by Crippen LogP contribution is 2.31. The molecule has 0 saturated carbocycles. The van der Waals surface area contributed by atoms with Crippen LogP contribution in [0.4, 0.5) is 24.7 Å². The van der Waals surface area contributed by atoms with E-state index in [1.54, 1.807) is 0 Å². The van der Waals surface area contributed by atoms with Crippen molar-refractivity contribution in [3.63, 3.8) is 0 Å². The number of amides is 1. The van der Waals surface area contributed by atoms with E-state index in [4.69, 9.17) is 0 Å². The normalized spacial score (nSPS) is 17.5. The van der Waals surface area contributed by atoms with E-state index in [9.17, 15) is 18.0 Å². The highest BCUT2D eigenvalue weighted by molar-refractivity contribution is 5.94. The second kappa shape index (κ2) is 7.81. The molecule has 2 aromatic rings. The van der Waals surface area contributed by atoms with Gasteiger partial charge in [0.15, 0.2) is 11.6 Å². The maximum absolute atomic E-state index is 12.6. The molecule has 2 heterocycles. The molecular formula is C18H19F3N4O2. The molecule has 27 heavy (non-hydrogen) atoms. The highest BCUT2D eigenvalue weighted by atomic mass is 19.4. The van der Waals surface area contributed by atoms with Crippen LogP contribution in [-0.4, -0.2) is 35.6 Å². The number of halogens is 3. The van der Waals surface area contributed by atoms with Gasteiger partial charge in [0.25, 0.3) is 0 Å². The number of hydrogen-bond acceptors (Lipinski definition) is 5. The molecule has 0 radical (unpaired) electrons. The Morgan fingerprint density at radius 2 is 2.00 bits per heavy atom. The molecule has 1 N–H and O–H groups in total. The standard InChI is InChI=1S/C18H19F3N4O2/c1-12-8-9-16(24-23-12)25-10-4-5-13(11-25)17(26)22-14-6-2-3-7-15(14)27-18(19,20)21/h2-3,6-9,13H,4-5,10-11H2,1H3,(H,22,26). The Morgan fingerprint density at radius 3 is 2.70 bits per heavy atom. The van der Waals surface area contributed by atoms with E-state index in [1.165, 1.54) is 18.2 Å². The zero-order valence-electron chi connectivity index (χ0n) is 14.7. The summed E-state index contributed by atoms with van der Waals surface area (Å²) in [5, 5.41) is 10.7. The summed E-state index contributed by atoms with van der Waals surface area (Å²) in [6.07, 6.45) is -3.41. The fourth-order valence-electron chi connectivity index (χ4n) is 2.98. The van der Waals surface area contributed by atoms with Gasteiger partial charge in [0.2, 0.25) is 5.91 Å². The van der Waals surface area contributed by atoms with Crippen molar-refractivity contribution in [2.45, 2.75) is 26.1 Å². The molecule has 1 aromatic heterocycles. The van der Waals surface area contributed by atoms with Gasteiger partial charge in [-0.15, -0.1) is 18.3 Å². The van der Waals surface area contributed by atoms with Gasteiger partial charge in [-0.2, -0.15) is 5.10 Å². The van der Waals surface area contributed by atoms with Gasteiger partial charge in [-0.25, -0.2) is 0 Å². The molecule has 0 aliphatic carbocycles. The second-order valence-corrected chi connectivity index (χ2v) is 6.35. The Hall–Kier alpha value is -2.84. The Kier molecular flexibility index (Phi) is 5.48. The zero-order chi connectivity index (χ0) is 19.4. The number of aromatic nitrogens is 2. The van der Waals surface area contributed by atoms with Gasteiger partial charge in [-0.1, -0.05) is 12.1 Å². The van der Waals surface area contributed by atoms with Crippen molar-refractivity contribution in [2.75, 3.05) is 23.3 Å². The van der Waals surface area contributed by atoms with Crippen LogP contribution in [-0.2, 0) is 4.79 Å². The number of carbonyl (C=O) groups is 1. The van der Waals surface area contributed by atoms with Crippen LogP contribution < -0.4 is 15.0 Å². The third-order valence-electron chi connectivity index (χ3n) is 4.27. The third kappa shape index (κ3) is 5.08. The van der Waals surface area contributed by atoms with Crippen molar-refractivity contribution in [1.29, 1.82) is 0 Å². The molecule has 9 heteroatoms. The minimum atomic E-state index is -4.83. The van der Waals surface area contributed by atoms with Gasteiger partial charge in [0.1, 0.15) is 0 Å². The lowest BCUT2D eigenvalue weighted by atomic mass is 9.97. The molecule has 1 saturated heterocycles. The molecular weight excluding hydrogens is 361 g/mol. The van der Waals surface area contributed by atoms with Crippen LogP contribution in [0.3, 0.4) is 0 Å². The van der Waals surface area contributed by atoms with Crippen LogP contribution in [0.5, 0.6) is 5.75 Å². The smallest absolute Gasteiger partial charge is 0.404 e. The van der Waals surface area contributed by atoms with Gasteiger partial charge in [0, 0.05) is 13.1 Å². The Balaban J connectivity index is 1.68. The minimum absolute atomic E-state index is 0.00734. The van der Waals surface area contributed by atoms with E-state index in [0.717, 1.165) is 24.7 Å². The molecule has 1 aliphatic heterocycles. The first-order chi connectivity index (χ1) is 12.8. The Bertz CT molecular complexity index is 796. The van der Waals surface area contributed by atoms with E-state index >= 15 is 0 Å². The van der Waals surface area contributed by atoms with Gasteiger partial charge in [-0.05, 0) is 44.0 Å². The molecule has 1 amide bonds. The zero-order valence-corrected chi connectivity index (χ0v) is 14.7. The molecule has 0 bridgehead atoms. The number of nitrogens with one attached hydrogen (secondary N) is 1. The maximum atomic E-state index is 12.6. The fraction of sp³-hybridized carbons (Fsp3) is 0.389. The number of benzene rings is 1. The second-order valence-electron chi connectivity index (χ2n) is 6.35. The van der Waals surface area contributed by atoms with Crippen LogP contribution in [0.25, 0.3) is 0 Å². The summed E-state index contributed by atoms with van der Waals surface area (Å²) in [6.45, 7) is 3.00. The van der Waals surface area contributed by atoms with Crippen LogP contribution in [0, 0.1) is 12.8 Å². The first-order valence-electron chi connectivity index (χ1n) is 8.53. The van der Waals surface area contributed by atoms with E-state index in [0.29, 0.717) is 18.8 Å². The van der Waals surface area contributed by atoms with Gasteiger partial charge < -0.3 is 15.0 Å². The number of para-hydroxylation sites is 2. The van der Waals surface area contributed by atoms with E-state index in [1.807, 2.05) is 24.0 Å². The number of piperidine rings is 1. The lowest BCUT2D eigenvalue weighted by molar-refractivity contribution is -0.274. The molecule has 1 unspecified atom stereocenters. The third-order valence-corrected chi connectivity index (χ3v) is 4.27. The van der Waals surface area contributed by atoms with Crippen molar-refractivity contribution in [2.24, 2.45) is 5.92 Å². The molecule has 1 aliphatic rings. The summed E-state index contributed by atoms with van der Waals surface area (Å²) >= 11 is 0. The van der Waals surface area contributed by atoms with Gasteiger partial charge in [0.05, 0.1) is 17.3 Å². The lowest BCUT2D eigenvalue weighted by Gasteiger charge is -2.32. The number of nitrogens with zero attached hydrogens (tertiary/aromatic N) is 3.